The van der Waals surface area contributed by atoms with Crippen LogP contribution < -0.4 is 10.2 Å². The number of aromatic nitrogens is 3. The van der Waals surface area contributed by atoms with Gasteiger partial charge in [0.25, 0.3) is 0 Å². The second kappa shape index (κ2) is 9.78. The molecule has 27 heavy (non-hydrogen) atoms. The topological polar surface area (TPSA) is 72.3 Å². The van der Waals surface area contributed by atoms with Crippen molar-refractivity contribution >= 4 is 23.6 Å². The van der Waals surface area contributed by atoms with Crippen molar-refractivity contribution < 1.29 is 9.53 Å². The van der Waals surface area contributed by atoms with Gasteiger partial charge in [-0.25, -0.2) is 0 Å². The van der Waals surface area contributed by atoms with Crippen molar-refractivity contribution in [3.05, 3.63) is 0 Å². The van der Waals surface area contributed by atoms with E-state index in [1.165, 1.54) is 24.6 Å². The molecule has 1 amide bonds. The summed E-state index contributed by atoms with van der Waals surface area (Å²) >= 11 is 1.49. The fourth-order valence-electron chi connectivity index (χ4n) is 3.71. The zero-order valence-corrected chi connectivity index (χ0v) is 17.6. The first-order valence-corrected chi connectivity index (χ1v) is 11.2. The molecule has 8 heteroatoms. The molecule has 1 aliphatic carbocycles. The molecule has 7 nitrogen and oxygen atoms in total. The monoisotopic (exact) mass is 395 g/mol. The Kier molecular flexibility index (Phi) is 7.41. The minimum atomic E-state index is 0.103. The third kappa shape index (κ3) is 5.85. The van der Waals surface area contributed by atoms with E-state index in [9.17, 15) is 4.79 Å². The van der Waals surface area contributed by atoms with E-state index in [2.05, 4.69) is 45.8 Å². The summed E-state index contributed by atoms with van der Waals surface area (Å²) < 4.78 is 7.61. The Bertz CT molecular complexity index is 607. The molecular formula is C19H33N5O2S. The van der Waals surface area contributed by atoms with Crippen molar-refractivity contribution in [2.75, 3.05) is 37.0 Å². The highest BCUT2D eigenvalue weighted by molar-refractivity contribution is 7.99. The maximum Gasteiger partial charge on any atom is 0.230 e. The Hall–Kier alpha value is -1.28. The number of ether oxygens (including phenoxy) is 1. The summed E-state index contributed by atoms with van der Waals surface area (Å²) in [5.74, 6) is 2.67. The Morgan fingerprint density at radius 3 is 2.59 bits per heavy atom. The molecule has 1 aromatic rings. The third-order valence-corrected chi connectivity index (χ3v) is 6.22. The van der Waals surface area contributed by atoms with Gasteiger partial charge in [0.15, 0.2) is 5.16 Å². The van der Waals surface area contributed by atoms with Crippen LogP contribution in [0.25, 0.3) is 0 Å². The number of rotatable bonds is 7. The lowest BCUT2D eigenvalue weighted by atomic mass is 9.87. The largest absolute Gasteiger partial charge is 0.378 e. The number of carbonyl (C=O) groups is 1. The molecule has 0 spiro atoms. The van der Waals surface area contributed by atoms with E-state index in [0.29, 0.717) is 17.7 Å². The number of carbonyl (C=O) groups excluding carboxylic acids is 1. The summed E-state index contributed by atoms with van der Waals surface area (Å²) in [6, 6.07) is 0.340. The first-order chi connectivity index (χ1) is 13.0. The van der Waals surface area contributed by atoms with E-state index in [-0.39, 0.29) is 5.91 Å². The van der Waals surface area contributed by atoms with Crippen LogP contribution in [0.2, 0.25) is 0 Å². The van der Waals surface area contributed by atoms with Crippen molar-refractivity contribution in [2.24, 2.45) is 11.8 Å². The molecule has 1 N–H and O–H groups in total. The van der Waals surface area contributed by atoms with E-state index in [1.807, 2.05) is 0 Å². The molecule has 0 aromatic carbocycles. The lowest BCUT2D eigenvalue weighted by molar-refractivity contribution is -0.119. The van der Waals surface area contributed by atoms with Gasteiger partial charge in [0.2, 0.25) is 11.9 Å². The highest BCUT2D eigenvalue weighted by atomic mass is 32.2. The Morgan fingerprint density at radius 1 is 1.22 bits per heavy atom. The summed E-state index contributed by atoms with van der Waals surface area (Å²) in [4.78, 5) is 14.6. The molecule has 0 radical (unpaired) electrons. The van der Waals surface area contributed by atoms with Gasteiger partial charge >= 0.3 is 0 Å². The predicted octanol–water partition coefficient (Wildman–Crippen LogP) is 2.56. The van der Waals surface area contributed by atoms with Crippen LogP contribution in [0.3, 0.4) is 0 Å². The normalized spacial score (nSPS) is 23.6. The van der Waals surface area contributed by atoms with Crippen LogP contribution in [0.15, 0.2) is 5.16 Å². The van der Waals surface area contributed by atoms with Gasteiger partial charge in [-0.05, 0) is 37.5 Å². The van der Waals surface area contributed by atoms with Crippen LogP contribution in [0, 0.1) is 11.8 Å². The number of morpholine rings is 1. The quantitative estimate of drug-likeness (QED) is 0.716. The molecule has 152 valence electrons. The van der Waals surface area contributed by atoms with Gasteiger partial charge in [-0.3, -0.25) is 9.36 Å². The first kappa shape index (κ1) is 20.5. The van der Waals surface area contributed by atoms with Crippen LogP contribution in [0.5, 0.6) is 0 Å². The van der Waals surface area contributed by atoms with Crippen LogP contribution in [-0.4, -0.2) is 58.8 Å². The minimum Gasteiger partial charge on any atom is -0.378 e. The highest BCUT2D eigenvalue weighted by Crippen LogP contribution is 2.25. The van der Waals surface area contributed by atoms with E-state index >= 15 is 0 Å². The van der Waals surface area contributed by atoms with Gasteiger partial charge in [0.05, 0.1) is 19.0 Å². The van der Waals surface area contributed by atoms with Crippen LogP contribution in [0.1, 0.15) is 46.5 Å². The summed E-state index contributed by atoms with van der Waals surface area (Å²) in [6.07, 6.45) is 4.62. The molecule has 1 aliphatic heterocycles. The van der Waals surface area contributed by atoms with Crippen molar-refractivity contribution in [3.8, 4) is 0 Å². The lowest BCUT2D eigenvalue weighted by Gasteiger charge is -2.28. The van der Waals surface area contributed by atoms with Crippen LogP contribution in [-0.2, 0) is 16.1 Å². The fourth-order valence-corrected chi connectivity index (χ4v) is 4.47. The number of anilines is 1. The second-order valence-electron chi connectivity index (χ2n) is 8.20. The number of thioether (sulfide) groups is 1. The van der Waals surface area contributed by atoms with Crippen molar-refractivity contribution in [1.82, 2.24) is 20.1 Å². The fraction of sp³-hybridized carbons (Fsp3) is 0.842. The van der Waals surface area contributed by atoms with Gasteiger partial charge in [0.1, 0.15) is 0 Å². The van der Waals surface area contributed by atoms with Crippen LogP contribution >= 0.6 is 11.8 Å². The lowest BCUT2D eigenvalue weighted by Crippen LogP contribution is -2.38. The molecule has 1 saturated heterocycles. The Balaban J connectivity index is 1.58. The summed E-state index contributed by atoms with van der Waals surface area (Å²) in [5.41, 5.74) is 0. The molecule has 2 aliphatic rings. The van der Waals surface area contributed by atoms with Crippen molar-refractivity contribution in [1.29, 1.82) is 0 Å². The van der Waals surface area contributed by atoms with Gasteiger partial charge < -0.3 is 15.0 Å². The molecule has 1 aromatic heterocycles. The molecule has 2 fully saturated rings. The average Bonchev–Trinajstić information content (AvgIpc) is 3.04. The van der Waals surface area contributed by atoms with E-state index < -0.39 is 0 Å². The van der Waals surface area contributed by atoms with Gasteiger partial charge in [-0.2, -0.15) is 0 Å². The smallest absolute Gasteiger partial charge is 0.230 e. The maximum atomic E-state index is 12.4. The molecular weight excluding hydrogens is 362 g/mol. The van der Waals surface area contributed by atoms with E-state index in [1.54, 1.807) is 0 Å². The number of nitrogens with zero attached hydrogens (tertiary/aromatic N) is 4. The Morgan fingerprint density at radius 2 is 1.93 bits per heavy atom. The van der Waals surface area contributed by atoms with Gasteiger partial charge in [0, 0.05) is 25.7 Å². The minimum absolute atomic E-state index is 0.103. The third-order valence-electron chi connectivity index (χ3n) is 5.25. The van der Waals surface area contributed by atoms with E-state index in [0.717, 1.165) is 62.7 Å². The molecule has 2 heterocycles. The number of nitrogens with one attached hydrogen (secondary N) is 1. The summed E-state index contributed by atoms with van der Waals surface area (Å²) in [7, 11) is 0. The molecule has 0 bridgehead atoms. The van der Waals surface area contributed by atoms with Crippen LogP contribution in [0.4, 0.5) is 5.95 Å². The summed E-state index contributed by atoms with van der Waals surface area (Å²) in [5, 5.41) is 12.8. The predicted molar refractivity (Wildman–Crippen MR) is 108 cm³/mol. The van der Waals surface area contributed by atoms with Gasteiger partial charge in [-0.15, -0.1) is 10.2 Å². The number of amides is 1. The van der Waals surface area contributed by atoms with Crippen molar-refractivity contribution in [2.45, 2.75) is 64.2 Å². The van der Waals surface area contributed by atoms with Gasteiger partial charge in [-0.1, -0.05) is 32.5 Å². The first-order valence-electron chi connectivity index (χ1n) is 10.2. The number of hydrogen-bond acceptors (Lipinski definition) is 6. The molecule has 0 unspecified atom stereocenters. The average molecular weight is 396 g/mol. The molecule has 0 atom stereocenters. The summed E-state index contributed by atoms with van der Waals surface area (Å²) in [6.45, 7) is 10.6. The highest BCUT2D eigenvalue weighted by Gasteiger charge is 2.23. The number of hydrogen-bond donors (Lipinski definition) is 1. The van der Waals surface area contributed by atoms with Crippen molar-refractivity contribution in [3.63, 3.8) is 0 Å². The SMILES string of the molecule is CC(C)Cn1c(SCC(=O)NC2CCC(C)CC2)nnc1N1CCOCC1. The zero-order valence-electron chi connectivity index (χ0n) is 16.8. The maximum absolute atomic E-state index is 12.4. The standard InChI is InChI=1S/C19H33N5O2S/c1-14(2)12-24-18(23-8-10-26-11-9-23)21-22-19(24)27-13-17(25)20-16-6-4-15(3)5-7-16/h14-16H,4-13H2,1-3H3,(H,20,25). The second-order valence-corrected chi connectivity index (χ2v) is 9.14. The molecule has 1 saturated carbocycles. The zero-order chi connectivity index (χ0) is 19.2. The Labute approximate surface area is 166 Å². The molecule has 3 rings (SSSR count). The van der Waals surface area contributed by atoms with E-state index in [4.69, 9.17) is 4.74 Å².